The van der Waals surface area contributed by atoms with Crippen molar-refractivity contribution in [2.24, 2.45) is 0 Å². The first-order valence-electron chi connectivity index (χ1n) is 4.28. The number of nitrogens with one attached hydrogen (secondary N) is 1. The van der Waals surface area contributed by atoms with Gasteiger partial charge in [0.25, 0.3) is 0 Å². The van der Waals surface area contributed by atoms with Gasteiger partial charge in [0, 0.05) is 0 Å². The molecular weight excluding hydrogens is 408 g/mol. The summed E-state index contributed by atoms with van der Waals surface area (Å²) in [6.45, 7) is 0. The number of rotatable bonds is 6. The molecular formula is C5HF10NO5S2. The first kappa shape index (κ1) is 21.7. The Hall–Kier alpha value is -1.30. The summed E-state index contributed by atoms with van der Waals surface area (Å²) in [5.74, 6) is 0. The highest BCUT2D eigenvalue weighted by Crippen LogP contribution is 2.42. The molecule has 0 unspecified atom stereocenters. The smallest absolute Gasteiger partial charge is 0.397 e. The second-order valence-corrected chi connectivity index (χ2v) is 6.86. The van der Waals surface area contributed by atoms with Crippen LogP contribution in [0.3, 0.4) is 0 Å². The predicted molar refractivity (Wildman–Crippen MR) is 48.4 cm³/mol. The molecule has 0 fully saturated rings. The molecule has 0 aliphatic rings. The van der Waals surface area contributed by atoms with E-state index < -0.39 is 53.1 Å². The largest absolute Gasteiger partial charge is 0.512 e. The van der Waals surface area contributed by atoms with Gasteiger partial charge in [-0.05, 0) is 0 Å². The molecule has 0 aliphatic carbocycles. The molecule has 0 bridgehead atoms. The Labute approximate surface area is 119 Å². The zero-order valence-electron chi connectivity index (χ0n) is 9.64. The second-order valence-electron chi connectivity index (χ2n) is 3.21. The Bertz CT molecular complexity index is 688. The van der Waals surface area contributed by atoms with Crippen molar-refractivity contribution in [2.45, 2.75) is 16.9 Å². The van der Waals surface area contributed by atoms with Gasteiger partial charge in [-0.2, -0.15) is 43.9 Å². The summed E-state index contributed by atoms with van der Waals surface area (Å²) in [7, 11) is -14.5. The molecule has 6 nitrogen and oxygen atoms in total. The van der Waals surface area contributed by atoms with Crippen molar-refractivity contribution in [3.63, 3.8) is 0 Å². The molecule has 0 spiro atoms. The second kappa shape index (κ2) is 5.96. The molecule has 0 heterocycles. The Morgan fingerprint density at radius 2 is 1.17 bits per heavy atom. The fourth-order valence-electron chi connectivity index (χ4n) is 0.611. The van der Waals surface area contributed by atoms with Crippen molar-refractivity contribution in [3.8, 4) is 0 Å². The van der Waals surface area contributed by atoms with Crippen LogP contribution in [0.4, 0.5) is 43.9 Å². The molecule has 0 aromatic heterocycles. The Balaban J connectivity index is 5.87. The van der Waals surface area contributed by atoms with E-state index in [9.17, 15) is 60.7 Å². The summed E-state index contributed by atoms with van der Waals surface area (Å²) < 4.78 is 165. The summed E-state index contributed by atoms with van der Waals surface area (Å²) >= 11 is 0. The van der Waals surface area contributed by atoms with Gasteiger partial charge < -0.3 is 4.74 Å². The highest BCUT2D eigenvalue weighted by Gasteiger charge is 2.71. The van der Waals surface area contributed by atoms with Crippen LogP contribution in [0.1, 0.15) is 0 Å². The van der Waals surface area contributed by atoms with Gasteiger partial charge in [-0.3, -0.25) is 0 Å². The molecule has 18 heteroatoms. The van der Waals surface area contributed by atoms with Crippen LogP contribution >= 0.6 is 0 Å². The van der Waals surface area contributed by atoms with Crippen molar-refractivity contribution in [3.05, 3.63) is 12.1 Å². The van der Waals surface area contributed by atoms with E-state index in [0.29, 0.717) is 0 Å². The minimum Gasteiger partial charge on any atom is -0.397 e. The predicted octanol–water partition coefficient (Wildman–Crippen LogP) is 1.99. The molecule has 0 atom stereocenters. The fraction of sp³-hybridized carbons (Fsp3) is 0.600. The van der Waals surface area contributed by atoms with Crippen molar-refractivity contribution >= 4 is 20.0 Å². The van der Waals surface area contributed by atoms with E-state index in [4.69, 9.17) is 0 Å². The third-order valence-electron chi connectivity index (χ3n) is 1.57. The summed E-state index contributed by atoms with van der Waals surface area (Å²) in [6, 6.07) is -3.68. The monoisotopic (exact) mass is 409 g/mol. The Kier molecular flexibility index (Phi) is 5.63. The van der Waals surface area contributed by atoms with Gasteiger partial charge in [-0.25, -0.2) is 16.8 Å². The normalized spacial score (nSPS) is 14.5. The van der Waals surface area contributed by atoms with Crippen LogP contribution in [0.2, 0.25) is 0 Å². The SMILES string of the molecule is O=S(=O)(NS(=O)(=O)C(F)(F)C(F)(F)OC(F)=C(F)F)C(F)(F)F. The van der Waals surface area contributed by atoms with Gasteiger partial charge in [-0.15, -0.1) is 0 Å². The van der Waals surface area contributed by atoms with Crippen LogP contribution in [-0.4, -0.2) is 33.7 Å². The van der Waals surface area contributed by atoms with E-state index in [2.05, 4.69) is 0 Å². The van der Waals surface area contributed by atoms with Crippen molar-refractivity contribution in [2.75, 3.05) is 0 Å². The minimum absolute atomic E-state index is 0.795. The molecule has 0 rings (SSSR count). The molecule has 0 aliphatic heterocycles. The zero-order chi connectivity index (χ0) is 19.1. The lowest BCUT2D eigenvalue weighted by molar-refractivity contribution is -0.309. The number of ether oxygens (including phenoxy) is 1. The lowest BCUT2D eigenvalue weighted by atomic mass is 10.6. The number of halogens is 10. The molecule has 0 amide bonds. The first-order chi connectivity index (χ1) is 9.78. The minimum atomic E-state index is -7.43. The van der Waals surface area contributed by atoms with Crippen molar-refractivity contribution in [1.82, 2.24) is 4.13 Å². The molecule has 0 aromatic carbocycles. The van der Waals surface area contributed by atoms with Gasteiger partial charge in [-0.1, -0.05) is 4.13 Å². The third-order valence-corrected chi connectivity index (χ3v) is 4.84. The molecule has 1 N–H and O–H groups in total. The number of alkyl halides is 7. The van der Waals surface area contributed by atoms with Crippen LogP contribution < -0.4 is 4.13 Å². The van der Waals surface area contributed by atoms with Gasteiger partial charge in [0.15, 0.2) is 0 Å². The molecule has 0 saturated carbocycles. The summed E-state index contributed by atoms with van der Waals surface area (Å²) in [4.78, 5) is 0. The van der Waals surface area contributed by atoms with Crippen LogP contribution in [0, 0.1) is 0 Å². The van der Waals surface area contributed by atoms with Gasteiger partial charge in [0.05, 0.1) is 0 Å². The fourth-order valence-corrected chi connectivity index (χ4v) is 2.92. The van der Waals surface area contributed by atoms with E-state index in [0.717, 1.165) is 0 Å². The molecule has 23 heavy (non-hydrogen) atoms. The molecule has 0 saturated heterocycles. The van der Waals surface area contributed by atoms with Crippen molar-refractivity contribution in [1.29, 1.82) is 0 Å². The molecule has 138 valence electrons. The lowest BCUT2D eigenvalue weighted by Gasteiger charge is -2.25. The molecule has 0 aromatic rings. The number of hydrogen-bond acceptors (Lipinski definition) is 5. The van der Waals surface area contributed by atoms with Crippen LogP contribution in [0.5, 0.6) is 0 Å². The average molecular weight is 409 g/mol. The highest BCUT2D eigenvalue weighted by atomic mass is 32.3. The zero-order valence-corrected chi connectivity index (χ0v) is 11.3. The van der Waals surface area contributed by atoms with Gasteiger partial charge in [0.2, 0.25) is 0 Å². The van der Waals surface area contributed by atoms with Gasteiger partial charge >= 0.3 is 49.0 Å². The standard InChI is InChI=1S/C5HF10NO5S2/c6-1(7)2(8)21-3(9,10)4(11,12)22(17,18)16-23(19,20)5(13,14)15/h16H. The molecule has 0 radical (unpaired) electrons. The quantitative estimate of drug-likeness (QED) is 0.536. The average Bonchev–Trinajstić information content (AvgIpc) is 2.24. The van der Waals surface area contributed by atoms with Crippen molar-refractivity contribution < 1.29 is 65.5 Å². The number of sulfonamides is 2. The van der Waals surface area contributed by atoms with E-state index >= 15 is 0 Å². The van der Waals surface area contributed by atoms with Crippen LogP contribution in [-0.2, 0) is 24.8 Å². The summed E-state index contributed by atoms with van der Waals surface area (Å²) in [5, 5.41) is -6.90. The lowest BCUT2D eigenvalue weighted by Crippen LogP contribution is -2.55. The van der Waals surface area contributed by atoms with Gasteiger partial charge in [0.1, 0.15) is 0 Å². The maximum Gasteiger partial charge on any atom is 0.512 e. The Morgan fingerprint density at radius 1 is 0.783 bits per heavy atom. The van der Waals surface area contributed by atoms with E-state index in [-0.39, 0.29) is 0 Å². The van der Waals surface area contributed by atoms with E-state index in [1.807, 2.05) is 4.74 Å². The maximum absolute atomic E-state index is 12.9. The van der Waals surface area contributed by atoms with E-state index in [1.165, 1.54) is 0 Å². The van der Waals surface area contributed by atoms with Crippen LogP contribution in [0.15, 0.2) is 12.1 Å². The Morgan fingerprint density at radius 3 is 1.48 bits per heavy atom. The highest BCUT2D eigenvalue weighted by molar-refractivity contribution is 8.05. The summed E-state index contributed by atoms with van der Waals surface area (Å²) in [5.41, 5.74) is -6.51. The topological polar surface area (TPSA) is 89.5 Å². The third kappa shape index (κ3) is 4.37. The van der Waals surface area contributed by atoms with Crippen LogP contribution in [0.25, 0.3) is 0 Å². The maximum atomic E-state index is 12.9. The first-order valence-corrected chi connectivity index (χ1v) is 7.25. The number of hydrogen-bond donors (Lipinski definition) is 1. The van der Waals surface area contributed by atoms with E-state index in [1.54, 1.807) is 0 Å². The summed E-state index contributed by atoms with van der Waals surface area (Å²) in [6.07, 6.45) is -10.4.